The van der Waals surface area contributed by atoms with Crippen molar-refractivity contribution in [1.29, 1.82) is 0 Å². The third-order valence-corrected chi connectivity index (χ3v) is 1.82. The van der Waals surface area contributed by atoms with Gasteiger partial charge in [-0.05, 0) is 0 Å². The topological polar surface area (TPSA) is 57.7 Å². The molecule has 0 radical (unpaired) electrons. The second-order valence-corrected chi connectivity index (χ2v) is 2.64. The van der Waals surface area contributed by atoms with Gasteiger partial charge in [0, 0.05) is 19.6 Å². The van der Waals surface area contributed by atoms with E-state index in [-0.39, 0.29) is 6.54 Å². The Balaban J connectivity index is 2.69. The first kappa shape index (κ1) is 9.44. The number of hydrogen-bond donors (Lipinski definition) is 0. The van der Waals surface area contributed by atoms with E-state index in [1.165, 1.54) is 4.90 Å². The van der Waals surface area contributed by atoms with Crippen molar-refractivity contribution in [2.24, 2.45) is 0 Å². The van der Waals surface area contributed by atoms with E-state index >= 15 is 0 Å². The maximum atomic E-state index is 11.2. The number of carbonyl (C=O) groups excluding carboxylic acids is 3. The lowest BCUT2D eigenvalue weighted by Crippen LogP contribution is -2.53. The van der Waals surface area contributed by atoms with E-state index in [1.807, 2.05) is 0 Å². The molecule has 0 N–H and O–H groups in total. The summed E-state index contributed by atoms with van der Waals surface area (Å²) in [5, 5.41) is 0. The standard InChI is InChI=1S/C8H10N2O3/c1-2-3-9-4-5-10(6-11)8(13)7(9)12/h2,6H,1,3-5H2. The summed E-state index contributed by atoms with van der Waals surface area (Å²) < 4.78 is 0. The number of amides is 3. The monoisotopic (exact) mass is 182 g/mol. The molecule has 5 heteroatoms. The lowest BCUT2D eigenvalue weighted by atomic mass is 10.3. The van der Waals surface area contributed by atoms with Gasteiger partial charge in [-0.2, -0.15) is 0 Å². The summed E-state index contributed by atoms with van der Waals surface area (Å²) in [6, 6.07) is 0. The number of nitrogens with zero attached hydrogens (tertiary/aromatic N) is 2. The molecule has 5 nitrogen and oxygen atoms in total. The molecule has 1 aliphatic heterocycles. The summed E-state index contributed by atoms with van der Waals surface area (Å²) in [7, 11) is 0. The highest BCUT2D eigenvalue weighted by atomic mass is 16.2. The van der Waals surface area contributed by atoms with Gasteiger partial charge in [-0.25, -0.2) is 0 Å². The maximum absolute atomic E-state index is 11.2. The highest BCUT2D eigenvalue weighted by Crippen LogP contribution is 2.02. The van der Waals surface area contributed by atoms with Gasteiger partial charge in [-0.15, -0.1) is 6.58 Å². The minimum atomic E-state index is -0.761. The Morgan fingerprint density at radius 2 is 2.00 bits per heavy atom. The molecule has 0 atom stereocenters. The molecule has 1 rings (SSSR count). The van der Waals surface area contributed by atoms with Gasteiger partial charge in [0.1, 0.15) is 0 Å². The zero-order valence-corrected chi connectivity index (χ0v) is 7.10. The third kappa shape index (κ3) is 1.74. The fourth-order valence-corrected chi connectivity index (χ4v) is 1.12. The lowest BCUT2D eigenvalue weighted by molar-refractivity contribution is -0.157. The molecule has 70 valence electrons. The predicted octanol–water partition coefficient (Wildman–Crippen LogP) is -1.00. The van der Waals surface area contributed by atoms with Crippen molar-refractivity contribution in [1.82, 2.24) is 9.80 Å². The average molecular weight is 182 g/mol. The second-order valence-electron chi connectivity index (χ2n) is 2.64. The van der Waals surface area contributed by atoms with Gasteiger partial charge in [0.25, 0.3) is 0 Å². The SMILES string of the molecule is C=CCN1CCN(C=O)C(=O)C1=O. The van der Waals surface area contributed by atoms with Crippen LogP contribution in [-0.2, 0) is 14.4 Å². The van der Waals surface area contributed by atoms with Crippen LogP contribution in [0.25, 0.3) is 0 Å². The van der Waals surface area contributed by atoms with Crippen LogP contribution >= 0.6 is 0 Å². The number of imide groups is 1. The second kappa shape index (κ2) is 3.84. The van der Waals surface area contributed by atoms with Crippen molar-refractivity contribution in [3.63, 3.8) is 0 Å². The van der Waals surface area contributed by atoms with Gasteiger partial charge in [0.15, 0.2) is 0 Å². The Morgan fingerprint density at radius 1 is 1.31 bits per heavy atom. The summed E-state index contributed by atoms with van der Waals surface area (Å²) in [6.07, 6.45) is 1.92. The van der Waals surface area contributed by atoms with Crippen molar-refractivity contribution >= 4 is 18.2 Å². The normalized spacial score (nSPS) is 17.5. The molecule has 0 saturated carbocycles. The van der Waals surface area contributed by atoms with Gasteiger partial charge < -0.3 is 4.90 Å². The molecule has 3 amide bonds. The Morgan fingerprint density at radius 3 is 2.54 bits per heavy atom. The zero-order valence-electron chi connectivity index (χ0n) is 7.10. The fraction of sp³-hybridized carbons (Fsp3) is 0.375. The maximum Gasteiger partial charge on any atom is 0.318 e. The molecule has 13 heavy (non-hydrogen) atoms. The minimum Gasteiger partial charge on any atom is -0.329 e. The molecular formula is C8H10N2O3. The summed E-state index contributed by atoms with van der Waals surface area (Å²) >= 11 is 0. The molecule has 1 fully saturated rings. The molecule has 1 heterocycles. The molecule has 0 aromatic carbocycles. The number of rotatable bonds is 3. The van der Waals surface area contributed by atoms with E-state index < -0.39 is 11.8 Å². The largest absolute Gasteiger partial charge is 0.329 e. The minimum absolute atomic E-state index is 0.266. The first-order valence-electron chi connectivity index (χ1n) is 3.86. The van der Waals surface area contributed by atoms with E-state index in [9.17, 15) is 14.4 Å². The van der Waals surface area contributed by atoms with Crippen molar-refractivity contribution < 1.29 is 14.4 Å². The van der Waals surface area contributed by atoms with Crippen LogP contribution in [0.2, 0.25) is 0 Å². The first-order valence-corrected chi connectivity index (χ1v) is 3.86. The summed E-state index contributed by atoms with van der Waals surface area (Å²) in [5.74, 6) is -1.40. The van der Waals surface area contributed by atoms with E-state index in [4.69, 9.17) is 0 Å². The first-order chi connectivity index (χ1) is 6.20. The number of carbonyl (C=O) groups is 3. The quantitative estimate of drug-likeness (QED) is 0.319. The Hall–Kier alpha value is -1.65. The van der Waals surface area contributed by atoms with Crippen LogP contribution in [0.1, 0.15) is 0 Å². The molecule has 0 aromatic heterocycles. The highest BCUT2D eigenvalue weighted by Gasteiger charge is 2.31. The zero-order chi connectivity index (χ0) is 9.84. The van der Waals surface area contributed by atoms with Gasteiger partial charge in [-0.1, -0.05) is 6.08 Å². The Kier molecular flexibility index (Phi) is 2.79. The highest BCUT2D eigenvalue weighted by molar-refractivity contribution is 6.37. The summed E-state index contributed by atoms with van der Waals surface area (Å²) in [4.78, 5) is 34.9. The number of hydrogen-bond acceptors (Lipinski definition) is 3. The van der Waals surface area contributed by atoms with Gasteiger partial charge in [-0.3, -0.25) is 19.3 Å². The van der Waals surface area contributed by atoms with Crippen LogP contribution in [0.4, 0.5) is 0 Å². The molecule has 0 unspecified atom stereocenters. The van der Waals surface area contributed by atoms with E-state index in [0.29, 0.717) is 19.5 Å². The van der Waals surface area contributed by atoms with Gasteiger partial charge in [0.05, 0.1) is 0 Å². The van der Waals surface area contributed by atoms with Crippen molar-refractivity contribution in [2.75, 3.05) is 19.6 Å². The molecule has 0 spiro atoms. The molecule has 0 aromatic rings. The number of piperazine rings is 1. The van der Waals surface area contributed by atoms with Crippen LogP contribution < -0.4 is 0 Å². The van der Waals surface area contributed by atoms with Crippen molar-refractivity contribution in [3.8, 4) is 0 Å². The Bertz CT molecular complexity index is 262. The van der Waals surface area contributed by atoms with Gasteiger partial charge in [0.2, 0.25) is 6.41 Å². The lowest BCUT2D eigenvalue weighted by Gasteiger charge is -2.29. The fourth-order valence-electron chi connectivity index (χ4n) is 1.12. The molecule has 0 aliphatic carbocycles. The van der Waals surface area contributed by atoms with Crippen LogP contribution in [0.5, 0.6) is 0 Å². The Labute approximate surface area is 75.6 Å². The van der Waals surface area contributed by atoms with Crippen LogP contribution in [0.15, 0.2) is 12.7 Å². The van der Waals surface area contributed by atoms with Crippen LogP contribution in [-0.4, -0.2) is 47.7 Å². The van der Waals surface area contributed by atoms with Crippen molar-refractivity contribution in [2.45, 2.75) is 0 Å². The average Bonchev–Trinajstić information content (AvgIpc) is 2.14. The summed E-state index contributed by atoms with van der Waals surface area (Å²) in [6.45, 7) is 4.46. The molecule has 1 saturated heterocycles. The van der Waals surface area contributed by atoms with Gasteiger partial charge >= 0.3 is 11.8 Å². The van der Waals surface area contributed by atoms with Crippen LogP contribution in [0.3, 0.4) is 0 Å². The molecule has 1 aliphatic rings. The van der Waals surface area contributed by atoms with E-state index in [2.05, 4.69) is 6.58 Å². The molecular weight excluding hydrogens is 172 g/mol. The van der Waals surface area contributed by atoms with E-state index in [0.717, 1.165) is 4.90 Å². The van der Waals surface area contributed by atoms with Crippen LogP contribution in [0, 0.1) is 0 Å². The van der Waals surface area contributed by atoms with E-state index in [1.54, 1.807) is 6.08 Å². The van der Waals surface area contributed by atoms with Crippen molar-refractivity contribution in [3.05, 3.63) is 12.7 Å². The molecule has 0 bridgehead atoms. The predicted molar refractivity (Wildman–Crippen MR) is 44.6 cm³/mol. The smallest absolute Gasteiger partial charge is 0.318 e. The third-order valence-electron chi connectivity index (χ3n) is 1.82. The summed E-state index contributed by atoms with van der Waals surface area (Å²) in [5.41, 5.74) is 0.